The Balaban J connectivity index is 1.98. The average Bonchev–Trinajstić information content (AvgIpc) is 2.94. The van der Waals surface area contributed by atoms with Gasteiger partial charge in [-0.15, -0.1) is 0 Å². The third kappa shape index (κ3) is 2.48. The molecular weight excluding hydrogens is 176 g/mol. The third-order valence-corrected chi connectivity index (χ3v) is 2.39. The van der Waals surface area contributed by atoms with E-state index in [4.69, 9.17) is 9.47 Å². The van der Waals surface area contributed by atoms with E-state index in [0.29, 0.717) is 18.6 Å². The lowest BCUT2D eigenvalue weighted by Gasteiger charge is -2.09. The van der Waals surface area contributed by atoms with Gasteiger partial charge in [-0.25, -0.2) is 0 Å². The van der Waals surface area contributed by atoms with Gasteiger partial charge in [-0.1, -0.05) is 25.2 Å². The topological polar surface area (TPSA) is 21.8 Å². The van der Waals surface area contributed by atoms with E-state index < -0.39 is 0 Å². The molecule has 2 atom stereocenters. The summed E-state index contributed by atoms with van der Waals surface area (Å²) in [7, 11) is 0. The van der Waals surface area contributed by atoms with E-state index in [0.717, 1.165) is 12.4 Å². The molecule has 2 unspecified atom stereocenters. The first kappa shape index (κ1) is 9.53. The van der Waals surface area contributed by atoms with Gasteiger partial charge in [-0.2, -0.15) is 0 Å². The predicted molar refractivity (Wildman–Crippen MR) is 55.8 cm³/mol. The molecule has 1 fully saturated rings. The van der Waals surface area contributed by atoms with E-state index in [1.807, 2.05) is 0 Å². The van der Waals surface area contributed by atoms with Crippen molar-refractivity contribution in [3.8, 4) is 0 Å². The Hall–Kier alpha value is -1.02. The smallest absolute Gasteiger partial charge is 0.118 e. The number of ether oxygens (including phenoxy) is 2. The molecule has 0 amide bonds. The minimum atomic E-state index is 0.329. The Kier molecular flexibility index (Phi) is 2.73. The van der Waals surface area contributed by atoms with Crippen molar-refractivity contribution < 1.29 is 9.47 Å². The molecule has 1 saturated heterocycles. The van der Waals surface area contributed by atoms with Gasteiger partial charge in [0.2, 0.25) is 0 Å². The number of rotatable bonds is 3. The Bertz CT molecular complexity index is 295. The highest BCUT2D eigenvalue weighted by Gasteiger charge is 2.23. The molecule has 0 radical (unpaired) electrons. The SMILES string of the molecule is CC1=CC=CC(C)C=C1OCC1CO1. The first-order valence-electron chi connectivity index (χ1n) is 5.07. The van der Waals surface area contributed by atoms with Crippen LogP contribution in [0.1, 0.15) is 13.8 Å². The summed E-state index contributed by atoms with van der Waals surface area (Å²) >= 11 is 0. The van der Waals surface area contributed by atoms with Crippen molar-refractivity contribution in [1.82, 2.24) is 0 Å². The normalized spacial score (nSPS) is 30.4. The molecule has 14 heavy (non-hydrogen) atoms. The van der Waals surface area contributed by atoms with Gasteiger partial charge in [0, 0.05) is 0 Å². The van der Waals surface area contributed by atoms with Crippen molar-refractivity contribution in [3.05, 3.63) is 35.6 Å². The van der Waals surface area contributed by atoms with Crippen LogP contribution in [-0.4, -0.2) is 19.3 Å². The van der Waals surface area contributed by atoms with Crippen LogP contribution in [0, 0.1) is 5.92 Å². The van der Waals surface area contributed by atoms with Crippen LogP contribution in [0.15, 0.2) is 35.6 Å². The van der Waals surface area contributed by atoms with Gasteiger partial charge in [0.05, 0.1) is 6.61 Å². The summed E-state index contributed by atoms with van der Waals surface area (Å²) < 4.78 is 10.8. The summed E-state index contributed by atoms with van der Waals surface area (Å²) in [6.45, 7) is 5.76. The zero-order chi connectivity index (χ0) is 9.97. The lowest BCUT2D eigenvalue weighted by atomic mass is 10.1. The number of epoxide rings is 1. The molecule has 2 nitrogen and oxygen atoms in total. The monoisotopic (exact) mass is 192 g/mol. The summed E-state index contributed by atoms with van der Waals surface area (Å²) in [4.78, 5) is 0. The van der Waals surface area contributed by atoms with E-state index in [1.165, 1.54) is 5.57 Å². The molecule has 0 bridgehead atoms. The highest BCUT2D eigenvalue weighted by atomic mass is 16.6. The third-order valence-electron chi connectivity index (χ3n) is 2.39. The highest BCUT2D eigenvalue weighted by molar-refractivity contribution is 5.32. The minimum Gasteiger partial charge on any atom is -0.491 e. The van der Waals surface area contributed by atoms with Gasteiger partial charge in [-0.3, -0.25) is 0 Å². The van der Waals surface area contributed by atoms with E-state index in [1.54, 1.807) is 0 Å². The molecule has 2 aliphatic rings. The van der Waals surface area contributed by atoms with Gasteiger partial charge in [0.25, 0.3) is 0 Å². The molecule has 76 valence electrons. The number of allylic oxidation sites excluding steroid dienone is 5. The van der Waals surface area contributed by atoms with Gasteiger partial charge >= 0.3 is 0 Å². The number of hydrogen-bond donors (Lipinski definition) is 0. The highest BCUT2D eigenvalue weighted by Crippen LogP contribution is 2.20. The van der Waals surface area contributed by atoms with Gasteiger partial charge in [0.15, 0.2) is 0 Å². The second-order valence-corrected chi connectivity index (χ2v) is 3.89. The number of hydrogen-bond acceptors (Lipinski definition) is 2. The van der Waals surface area contributed by atoms with Crippen LogP contribution in [0.5, 0.6) is 0 Å². The molecule has 1 aliphatic heterocycles. The van der Waals surface area contributed by atoms with E-state index in [2.05, 4.69) is 38.2 Å². The molecule has 0 spiro atoms. The average molecular weight is 192 g/mol. The molecule has 0 aromatic rings. The van der Waals surface area contributed by atoms with E-state index in [-0.39, 0.29) is 0 Å². The van der Waals surface area contributed by atoms with Crippen LogP contribution in [0.25, 0.3) is 0 Å². The lowest BCUT2D eigenvalue weighted by molar-refractivity contribution is 0.188. The van der Waals surface area contributed by atoms with Crippen LogP contribution in [0.2, 0.25) is 0 Å². The summed E-state index contributed by atoms with van der Waals surface area (Å²) in [5.41, 5.74) is 1.19. The standard InChI is InChI=1S/C12H16O2/c1-9-4-3-5-10(2)12(6-9)14-8-11-7-13-11/h3-6,9,11H,7-8H2,1-2H3. The molecule has 0 N–H and O–H groups in total. The molecule has 0 aromatic heterocycles. The van der Waals surface area contributed by atoms with Crippen LogP contribution in [0.3, 0.4) is 0 Å². The van der Waals surface area contributed by atoms with Gasteiger partial charge in [0.1, 0.15) is 18.5 Å². The summed E-state index contributed by atoms with van der Waals surface area (Å²) in [5.74, 6) is 1.44. The van der Waals surface area contributed by atoms with E-state index in [9.17, 15) is 0 Å². The minimum absolute atomic E-state index is 0.329. The maximum atomic E-state index is 5.70. The zero-order valence-electron chi connectivity index (χ0n) is 8.69. The van der Waals surface area contributed by atoms with Crippen molar-refractivity contribution in [1.29, 1.82) is 0 Å². The van der Waals surface area contributed by atoms with Crippen LogP contribution in [0.4, 0.5) is 0 Å². The maximum absolute atomic E-state index is 5.70. The molecule has 0 aromatic carbocycles. The van der Waals surface area contributed by atoms with Crippen LogP contribution < -0.4 is 0 Å². The van der Waals surface area contributed by atoms with Crippen molar-refractivity contribution >= 4 is 0 Å². The Labute approximate surface area is 84.9 Å². The van der Waals surface area contributed by atoms with Crippen LogP contribution in [-0.2, 0) is 9.47 Å². The first-order chi connectivity index (χ1) is 6.75. The predicted octanol–water partition coefficient (Wildman–Crippen LogP) is 2.44. The molecular formula is C12H16O2. The second-order valence-electron chi connectivity index (χ2n) is 3.89. The van der Waals surface area contributed by atoms with Crippen molar-refractivity contribution in [2.45, 2.75) is 20.0 Å². The quantitative estimate of drug-likeness (QED) is 0.641. The Morgan fingerprint density at radius 3 is 3.07 bits per heavy atom. The summed E-state index contributed by atoms with van der Waals surface area (Å²) in [6, 6.07) is 0. The lowest BCUT2D eigenvalue weighted by Crippen LogP contribution is -2.03. The molecule has 0 saturated carbocycles. The summed E-state index contributed by atoms with van der Waals surface area (Å²) in [5, 5.41) is 0. The zero-order valence-corrected chi connectivity index (χ0v) is 8.69. The molecule has 1 heterocycles. The Morgan fingerprint density at radius 2 is 2.36 bits per heavy atom. The fraction of sp³-hybridized carbons (Fsp3) is 0.500. The molecule has 1 aliphatic carbocycles. The van der Waals surface area contributed by atoms with Crippen molar-refractivity contribution in [3.63, 3.8) is 0 Å². The van der Waals surface area contributed by atoms with Crippen molar-refractivity contribution in [2.24, 2.45) is 5.92 Å². The second kappa shape index (κ2) is 4.01. The fourth-order valence-corrected chi connectivity index (χ4v) is 1.39. The molecule has 2 heteroatoms. The largest absolute Gasteiger partial charge is 0.491 e. The fourth-order valence-electron chi connectivity index (χ4n) is 1.39. The van der Waals surface area contributed by atoms with Gasteiger partial charge < -0.3 is 9.47 Å². The van der Waals surface area contributed by atoms with E-state index >= 15 is 0 Å². The Morgan fingerprint density at radius 1 is 1.57 bits per heavy atom. The first-order valence-corrected chi connectivity index (χ1v) is 5.07. The van der Waals surface area contributed by atoms with Crippen molar-refractivity contribution in [2.75, 3.05) is 13.2 Å². The summed E-state index contributed by atoms with van der Waals surface area (Å²) in [6.07, 6.45) is 8.81. The van der Waals surface area contributed by atoms with Gasteiger partial charge in [-0.05, 0) is 24.5 Å². The molecule has 2 rings (SSSR count). The maximum Gasteiger partial charge on any atom is 0.118 e. The van der Waals surface area contributed by atoms with Crippen LogP contribution >= 0.6 is 0 Å².